The Hall–Kier alpha value is -4.86. The van der Waals surface area contributed by atoms with Gasteiger partial charge in [0.2, 0.25) is 17.3 Å². The molecule has 4 nitrogen and oxygen atoms in total. The number of thiophene rings is 1. The zero-order valence-corrected chi connectivity index (χ0v) is 30.9. The summed E-state index contributed by atoms with van der Waals surface area (Å²) in [5.74, 6) is 1.08. The van der Waals surface area contributed by atoms with Crippen molar-refractivity contribution < 1.29 is 18.8 Å². The highest BCUT2D eigenvalue weighted by Gasteiger charge is 2.27. The van der Waals surface area contributed by atoms with E-state index in [1.165, 1.54) is 22.2 Å². The van der Waals surface area contributed by atoms with Gasteiger partial charge in [0, 0.05) is 41.1 Å². The summed E-state index contributed by atoms with van der Waals surface area (Å²) in [6.45, 7) is 4.13. The van der Waals surface area contributed by atoms with E-state index >= 15 is 0 Å². The highest BCUT2D eigenvalue weighted by atomic mass is 32.2. The molecule has 2 aromatic heterocycles. The topological polar surface area (TPSA) is 64.3 Å². The molecule has 250 valence electrons. The van der Waals surface area contributed by atoms with Crippen LogP contribution in [0.15, 0.2) is 161 Å². The monoisotopic (exact) mass is 738 g/mol. The van der Waals surface area contributed by atoms with E-state index in [1.54, 1.807) is 47.2 Å². The smallest absolute Gasteiger partial charge is 0.200 e. The Morgan fingerprint density at radius 3 is 1.43 bits per heavy atom. The van der Waals surface area contributed by atoms with Gasteiger partial charge in [-0.25, -0.2) is 0 Å². The lowest BCUT2D eigenvalue weighted by atomic mass is 10.1. The number of rotatable bonds is 3. The zero-order valence-electron chi connectivity index (χ0n) is 27.6. The van der Waals surface area contributed by atoms with Crippen LogP contribution in [-0.2, 0) is 0 Å². The molecule has 0 bridgehead atoms. The van der Waals surface area contributed by atoms with Gasteiger partial charge in [-0.05, 0) is 98.3 Å². The minimum Gasteiger partial charge on any atom is -0.465 e. The first-order valence-electron chi connectivity index (χ1n) is 16.1. The van der Waals surface area contributed by atoms with Crippen LogP contribution in [0.2, 0.25) is 0 Å². The summed E-state index contributed by atoms with van der Waals surface area (Å²) in [5.41, 5.74) is 4.73. The van der Waals surface area contributed by atoms with Crippen molar-refractivity contribution >= 4 is 82.2 Å². The van der Waals surface area contributed by atoms with E-state index in [0.29, 0.717) is 5.76 Å². The Morgan fingerprint density at radius 2 is 0.980 bits per heavy atom. The molecule has 0 unspecified atom stereocenters. The second-order valence-electron chi connectivity index (χ2n) is 11.7. The van der Waals surface area contributed by atoms with E-state index in [2.05, 4.69) is 38.1 Å². The first kappa shape index (κ1) is 34.6. The Kier molecular flexibility index (Phi) is 10.6. The van der Waals surface area contributed by atoms with Crippen LogP contribution >= 0.6 is 46.6 Å². The lowest BCUT2D eigenvalue weighted by Gasteiger charge is -1.97. The molecule has 0 aliphatic carbocycles. The molecule has 0 saturated heterocycles. The van der Waals surface area contributed by atoms with Crippen molar-refractivity contribution in [1.29, 1.82) is 0 Å². The van der Waals surface area contributed by atoms with Crippen molar-refractivity contribution in [1.82, 2.24) is 0 Å². The highest BCUT2D eigenvalue weighted by molar-refractivity contribution is 8.05. The molecule has 0 amide bonds. The molecule has 6 aromatic rings. The van der Waals surface area contributed by atoms with E-state index < -0.39 is 0 Å². The summed E-state index contributed by atoms with van der Waals surface area (Å²) in [6, 6.07) is 39.2. The minimum atomic E-state index is 0.0806. The summed E-state index contributed by atoms with van der Waals surface area (Å²) in [5, 5.41) is 0. The molecule has 8 heteroatoms. The van der Waals surface area contributed by atoms with Crippen LogP contribution < -0.4 is 0 Å². The molecule has 51 heavy (non-hydrogen) atoms. The molecule has 0 N–H and O–H groups in total. The maximum Gasteiger partial charge on any atom is 0.200 e. The maximum atomic E-state index is 12.2. The number of aryl methyl sites for hydroxylation is 2. The Bertz CT molecular complexity index is 2360. The fourth-order valence-electron chi connectivity index (χ4n) is 5.38. The van der Waals surface area contributed by atoms with Gasteiger partial charge >= 0.3 is 0 Å². The third kappa shape index (κ3) is 8.05. The number of Topliss-reactive ketones (excluding diaryl/α,β-unsaturated/α-hetero) is 3. The van der Waals surface area contributed by atoms with Gasteiger partial charge < -0.3 is 4.42 Å². The van der Waals surface area contributed by atoms with E-state index in [-0.39, 0.29) is 17.3 Å². The summed E-state index contributed by atoms with van der Waals surface area (Å²) in [7, 11) is 0. The first-order chi connectivity index (χ1) is 24.8. The second-order valence-corrected chi connectivity index (χ2v) is 16.3. The number of allylic oxidation sites excluding steroid dienone is 3. The van der Waals surface area contributed by atoms with Gasteiger partial charge in [-0.2, -0.15) is 0 Å². The van der Waals surface area contributed by atoms with Crippen LogP contribution in [0, 0.1) is 13.8 Å². The molecule has 3 aliphatic heterocycles. The first-order valence-corrected chi connectivity index (χ1v) is 19.4. The average Bonchev–Trinajstić information content (AvgIpc) is 3.98. The van der Waals surface area contributed by atoms with Crippen molar-refractivity contribution in [2.75, 3.05) is 0 Å². The third-order valence-electron chi connectivity index (χ3n) is 7.95. The van der Waals surface area contributed by atoms with Gasteiger partial charge in [-0.3, -0.25) is 14.4 Å². The van der Waals surface area contributed by atoms with Crippen LogP contribution in [0.5, 0.6) is 0 Å². The van der Waals surface area contributed by atoms with E-state index in [9.17, 15) is 14.4 Å². The average molecular weight is 739 g/mol. The number of ketones is 3. The van der Waals surface area contributed by atoms with E-state index in [4.69, 9.17) is 4.42 Å². The van der Waals surface area contributed by atoms with Crippen LogP contribution in [-0.4, -0.2) is 17.3 Å². The van der Waals surface area contributed by atoms with Crippen molar-refractivity contribution in [3.05, 3.63) is 186 Å². The van der Waals surface area contributed by atoms with Crippen LogP contribution in [0.3, 0.4) is 0 Å². The number of carbonyl (C=O) groups excluding carboxylic acids is 3. The fraction of sp³-hybridized carbons (Fsp3) is 0.0465. The Morgan fingerprint density at radius 1 is 0.490 bits per heavy atom. The minimum absolute atomic E-state index is 0.0806. The molecule has 4 aromatic carbocycles. The van der Waals surface area contributed by atoms with Crippen LogP contribution in [0.25, 0.3) is 18.2 Å². The predicted octanol–water partition coefficient (Wildman–Crippen LogP) is 12.3. The Balaban J connectivity index is 0.000000120. The SMILES string of the molecule is Cc1ccc(/C=C2/Sc3ccccc3C2=O)cc1.Cc1ccc(/C=C2\Sc3ccccc3C2=O)s1.O=C1/C(=C\c2ccco2)Sc2ccccc21. The van der Waals surface area contributed by atoms with Gasteiger partial charge in [0.1, 0.15) is 5.76 Å². The van der Waals surface area contributed by atoms with Crippen LogP contribution in [0.1, 0.15) is 57.7 Å². The second kappa shape index (κ2) is 15.6. The summed E-state index contributed by atoms with van der Waals surface area (Å²) < 4.78 is 5.20. The normalized spacial score (nSPS) is 16.4. The van der Waals surface area contributed by atoms with Gasteiger partial charge in [0.15, 0.2) is 0 Å². The zero-order chi connectivity index (χ0) is 35.3. The molecule has 5 heterocycles. The van der Waals surface area contributed by atoms with Crippen molar-refractivity contribution in [2.24, 2.45) is 0 Å². The largest absolute Gasteiger partial charge is 0.465 e. The van der Waals surface area contributed by atoms with E-state index in [1.807, 2.05) is 109 Å². The lowest BCUT2D eigenvalue weighted by molar-refractivity contribution is 0.103. The summed E-state index contributed by atoms with van der Waals surface area (Å²) >= 11 is 6.33. The van der Waals surface area contributed by atoms with Gasteiger partial charge in [0.25, 0.3) is 0 Å². The molecule has 3 aliphatic rings. The molecular weight excluding hydrogens is 709 g/mol. The number of hydrogen-bond acceptors (Lipinski definition) is 8. The number of thioether (sulfide) groups is 3. The third-order valence-corrected chi connectivity index (χ3v) is 12.2. The molecule has 0 fully saturated rings. The number of fused-ring (bicyclic) bond motifs is 3. The van der Waals surface area contributed by atoms with Crippen molar-refractivity contribution in [3.63, 3.8) is 0 Å². The predicted molar refractivity (Wildman–Crippen MR) is 213 cm³/mol. The molecule has 9 rings (SSSR count). The lowest BCUT2D eigenvalue weighted by Crippen LogP contribution is -1.93. The standard InChI is InChI=1S/C16H12OS.C14H10OS2.C13H8O2S/c1-11-6-8-12(9-7-11)10-15-16(17)13-4-2-3-5-14(13)18-15;1-9-6-7-10(16-9)8-13-14(15)11-4-2-3-5-12(11)17-13;14-13-10-5-1-2-6-11(10)16-12(13)8-9-4-3-7-15-9/h2-10H,1H3;2-8H,1H3;1-8H/b15-10+;13-8-;12-8+. The van der Waals surface area contributed by atoms with E-state index in [0.717, 1.165) is 56.5 Å². The number of hydrogen-bond donors (Lipinski definition) is 0. The van der Waals surface area contributed by atoms with Crippen molar-refractivity contribution in [3.8, 4) is 0 Å². The maximum absolute atomic E-state index is 12.2. The Labute approximate surface area is 313 Å². The fourth-order valence-corrected chi connectivity index (χ4v) is 9.41. The van der Waals surface area contributed by atoms with Gasteiger partial charge in [-0.1, -0.05) is 102 Å². The van der Waals surface area contributed by atoms with Crippen LogP contribution in [0.4, 0.5) is 0 Å². The highest BCUT2D eigenvalue weighted by Crippen LogP contribution is 2.42. The molecule has 0 atom stereocenters. The molecule has 0 radical (unpaired) electrons. The number of carbonyl (C=O) groups is 3. The molecular formula is C43H30O4S4. The number of benzene rings is 4. The summed E-state index contributed by atoms with van der Waals surface area (Å²) in [4.78, 5) is 44.2. The quantitative estimate of drug-likeness (QED) is 0.168. The molecule has 0 spiro atoms. The summed E-state index contributed by atoms with van der Waals surface area (Å²) in [6.07, 6.45) is 7.34. The van der Waals surface area contributed by atoms with Gasteiger partial charge in [-0.15, -0.1) is 11.3 Å². The number of furan rings is 1. The molecule has 0 saturated carbocycles. The van der Waals surface area contributed by atoms with Crippen molar-refractivity contribution in [2.45, 2.75) is 28.5 Å². The van der Waals surface area contributed by atoms with Gasteiger partial charge in [0.05, 0.1) is 21.0 Å².